The first-order chi connectivity index (χ1) is 10.0. The highest BCUT2D eigenvalue weighted by Crippen LogP contribution is 2.30. The van der Waals surface area contributed by atoms with Crippen LogP contribution in [0.5, 0.6) is 11.5 Å². The Morgan fingerprint density at radius 1 is 1.24 bits per heavy atom. The molecule has 0 bridgehead atoms. The lowest BCUT2D eigenvalue weighted by Crippen LogP contribution is -2.02. The van der Waals surface area contributed by atoms with Crippen molar-refractivity contribution in [3.63, 3.8) is 0 Å². The second-order valence-corrected chi connectivity index (χ2v) is 5.47. The van der Waals surface area contributed by atoms with E-state index in [2.05, 4.69) is 15.9 Å². The molecular formula is C16H16BrFO3. The Balaban J connectivity index is 2.19. The van der Waals surface area contributed by atoms with Crippen LogP contribution in [0.25, 0.3) is 0 Å². The molecule has 0 spiro atoms. The predicted octanol–water partition coefficient (Wildman–Crippen LogP) is 4.23. The van der Waals surface area contributed by atoms with Crippen LogP contribution < -0.4 is 9.47 Å². The first-order valence-electron chi connectivity index (χ1n) is 6.44. The third kappa shape index (κ3) is 3.95. The van der Waals surface area contributed by atoms with Crippen molar-refractivity contribution in [3.8, 4) is 11.5 Å². The van der Waals surface area contributed by atoms with Gasteiger partial charge in [0.15, 0.2) is 0 Å². The summed E-state index contributed by atoms with van der Waals surface area (Å²) in [6.07, 6.45) is -0.647. The summed E-state index contributed by atoms with van der Waals surface area (Å²) in [5.41, 5.74) is 1.50. The highest BCUT2D eigenvalue weighted by molar-refractivity contribution is 9.10. The third-order valence-electron chi connectivity index (χ3n) is 3.05. The molecule has 2 aromatic rings. The van der Waals surface area contributed by atoms with Crippen LogP contribution in [0.15, 0.2) is 40.9 Å². The van der Waals surface area contributed by atoms with Gasteiger partial charge in [0.05, 0.1) is 17.7 Å². The number of aliphatic hydroxyl groups excluding tert-OH is 1. The number of hydrogen-bond acceptors (Lipinski definition) is 3. The third-order valence-corrected chi connectivity index (χ3v) is 3.66. The van der Waals surface area contributed by atoms with Gasteiger partial charge in [-0.05, 0) is 52.7 Å². The average Bonchev–Trinajstić information content (AvgIpc) is 2.48. The molecule has 0 aliphatic carbocycles. The van der Waals surface area contributed by atoms with Gasteiger partial charge in [0.1, 0.15) is 23.9 Å². The minimum Gasteiger partial charge on any atom is -0.497 e. The van der Waals surface area contributed by atoms with Crippen molar-refractivity contribution >= 4 is 15.9 Å². The molecule has 0 radical (unpaired) electrons. The Kier molecular flexibility index (Phi) is 5.20. The molecule has 0 aliphatic heterocycles. The summed E-state index contributed by atoms with van der Waals surface area (Å²) in [5.74, 6) is 0.879. The molecule has 0 aliphatic rings. The van der Waals surface area contributed by atoms with Crippen molar-refractivity contribution in [1.29, 1.82) is 0 Å². The molecule has 2 aromatic carbocycles. The van der Waals surface area contributed by atoms with Crippen LogP contribution in [0.2, 0.25) is 0 Å². The van der Waals surface area contributed by atoms with Gasteiger partial charge in [-0.2, -0.15) is 0 Å². The standard InChI is InChI=1S/C16H16BrFO3/c1-10(19)13-5-4-12(20-2)8-16(13)21-9-11-3-6-15(18)14(17)7-11/h3-8,10,19H,9H2,1-2H3/t10-/m0/s1. The Morgan fingerprint density at radius 2 is 2.00 bits per heavy atom. The number of methoxy groups -OCH3 is 1. The van der Waals surface area contributed by atoms with Crippen LogP contribution in [0.3, 0.4) is 0 Å². The number of ether oxygens (including phenoxy) is 2. The van der Waals surface area contributed by atoms with Gasteiger partial charge in [-0.3, -0.25) is 0 Å². The summed E-state index contributed by atoms with van der Waals surface area (Å²) in [5, 5.41) is 9.77. The SMILES string of the molecule is COc1ccc([C@H](C)O)c(OCc2ccc(F)c(Br)c2)c1. The van der Waals surface area contributed by atoms with Crippen LogP contribution in [-0.4, -0.2) is 12.2 Å². The molecule has 2 rings (SSSR count). The van der Waals surface area contributed by atoms with Crippen molar-refractivity contribution in [3.05, 3.63) is 57.8 Å². The number of rotatable bonds is 5. The number of hydrogen-bond donors (Lipinski definition) is 1. The molecule has 0 aromatic heterocycles. The molecule has 21 heavy (non-hydrogen) atoms. The largest absolute Gasteiger partial charge is 0.497 e. The van der Waals surface area contributed by atoms with Crippen molar-refractivity contribution in [1.82, 2.24) is 0 Å². The molecule has 0 unspecified atom stereocenters. The van der Waals surface area contributed by atoms with E-state index in [1.54, 1.807) is 44.4 Å². The molecule has 0 fully saturated rings. The van der Waals surface area contributed by atoms with Gasteiger partial charge < -0.3 is 14.6 Å². The summed E-state index contributed by atoms with van der Waals surface area (Å²) in [6.45, 7) is 1.94. The highest BCUT2D eigenvalue weighted by atomic mass is 79.9. The molecule has 0 amide bonds. The maximum Gasteiger partial charge on any atom is 0.137 e. The molecule has 5 heteroatoms. The summed E-state index contributed by atoms with van der Waals surface area (Å²) >= 11 is 3.14. The lowest BCUT2D eigenvalue weighted by molar-refractivity contribution is 0.190. The quantitative estimate of drug-likeness (QED) is 0.873. The first-order valence-corrected chi connectivity index (χ1v) is 7.23. The lowest BCUT2D eigenvalue weighted by atomic mass is 10.1. The van der Waals surface area contributed by atoms with Crippen molar-refractivity contribution in [2.75, 3.05) is 7.11 Å². The Morgan fingerprint density at radius 3 is 2.62 bits per heavy atom. The van der Waals surface area contributed by atoms with E-state index in [0.717, 1.165) is 5.56 Å². The van der Waals surface area contributed by atoms with E-state index in [1.807, 2.05) is 0 Å². The topological polar surface area (TPSA) is 38.7 Å². The van der Waals surface area contributed by atoms with Gasteiger partial charge in [0, 0.05) is 11.6 Å². The van der Waals surface area contributed by atoms with Gasteiger partial charge in [-0.25, -0.2) is 4.39 Å². The minimum atomic E-state index is -0.647. The summed E-state index contributed by atoms with van der Waals surface area (Å²) in [7, 11) is 1.57. The highest BCUT2D eigenvalue weighted by Gasteiger charge is 2.11. The van der Waals surface area contributed by atoms with Crippen LogP contribution in [0, 0.1) is 5.82 Å². The lowest BCUT2D eigenvalue weighted by Gasteiger charge is -2.15. The predicted molar refractivity (Wildman–Crippen MR) is 82.1 cm³/mol. The number of benzene rings is 2. The van der Waals surface area contributed by atoms with Gasteiger partial charge >= 0.3 is 0 Å². The number of aliphatic hydroxyl groups is 1. The van der Waals surface area contributed by atoms with E-state index in [9.17, 15) is 9.50 Å². The maximum absolute atomic E-state index is 13.2. The van der Waals surface area contributed by atoms with E-state index in [4.69, 9.17) is 9.47 Å². The molecular weight excluding hydrogens is 339 g/mol. The fraction of sp³-hybridized carbons (Fsp3) is 0.250. The van der Waals surface area contributed by atoms with Crippen LogP contribution in [-0.2, 0) is 6.61 Å². The molecule has 0 saturated heterocycles. The average molecular weight is 355 g/mol. The van der Waals surface area contributed by atoms with E-state index < -0.39 is 6.10 Å². The molecule has 3 nitrogen and oxygen atoms in total. The Hall–Kier alpha value is -1.59. The van der Waals surface area contributed by atoms with Gasteiger partial charge in [0.2, 0.25) is 0 Å². The molecule has 0 heterocycles. The zero-order valence-electron chi connectivity index (χ0n) is 11.8. The molecule has 1 N–H and O–H groups in total. The van der Waals surface area contributed by atoms with Gasteiger partial charge in [-0.1, -0.05) is 6.07 Å². The van der Waals surface area contributed by atoms with E-state index in [-0.39, 0.29) is 12.4 Å². The van der Waals surface area contributed by atoms with Crippen LogP contribution in [0.1, 0.15) is 24.2 Å². The van der Waals surface area contributed by atoms with Gasteiger partial charge in [0.25, 0.3) is 0 Å². The second kappa shape index (κ2) is 6.91. The summed E-state index contributed by atoms with van der Waals surface area (Å²) in [4.78, 5) is 0. The fourth-order valence-corrected chi connectivity index (χ4v) is 2.33. The fourth-order valence-electron chi connectivity index (χ4n) is 1.90. The Bertz CT molecular complexity index is 629. The van der Waals surface area contributed by atoms with Crippen molar-refractivity contribution in [2.45, 2.75) is 19.6 Å². The zero-order valence-corrected chi connectivity index (χ0v) is 13.4. The van der Waals surface area contributed by atoms with E-state index >= 15 is 0 Å². The molecule has 1 atom stereocenters. The number of halogens is 2. The maximum atomic E-state index is 13.2. The molecule has 112 valence electrons. The second-order valence-electron chi connectivity index (χ2n) is 4.62. The Labute approximate surface area is 131 Å². The zero-order chi connectivity index (χ0) is 15.4. The monoisotopic (exact) mass is 354 g/mol. The van der Waals surface area contributed by atoms with E-state index in [0.29, 0.717) is 21.5 Å². The first kappa shape index (κ1) is 15.8. The van der Waals surface area contributed by atoms with Gasteiger partial charge in [-0.15, -0.1) is 0 Å². The van der Waals surface area contributed by atoms with Crippen molar-refractivity contribution in [2.24, 2.45) is 0 Å². The minimum absolute atomic E-state index is 0.270. The van der Waals surface area contributed by atoms with Crippen molar-refractivity contribution < 1.29 is 19.0 Å². The van der Waals surface area contributed by atoms with E-state index in [1.165, 1.54) is 6.07 Å². The normalized spacial score (nSPS) is 12.0. The summed E-state index contributed by atoms with van der Waals surface area (Å²) < 4.78 is 24.5. The smallest absolute Gasteiger partial charge is 0.137 e. The van der Waals surface area contributed by atoms with Crippen LogP contribution >= 0.6 is 15.9 Å². The molecule has 0 saturated carbocycles. The van der Waals surface area contributed by atoms with Crippen LogP contribution in [0.4, 0.5) is 4.39 Å². The summed E-state index contributed by atoms with van der Waals surface area (Å²) in [6, 6.07) is 9.95.